The van der Waals surface area contributed by atoms with Gasteiger partial charge in [0.2, 0.25) is 5.91 Å². The van der Waals surface area contributed by atoms with Crippen LogP contribution in [0.4, 0.5) is 0 Å². The second kappa shape index (κ2) is 10.2. The molecule has 196 valence electrons. The number of Topliss-reactive ketones (excluding diaryl/α,β-unsaturated/α-hetero) is 1. The zero-order chi connectivity index (χ0) is 25.6. The molecule has 0 aromatic rings. The number of nitrogens with one attached hydrogen (secondary N) is 1. The van der Waals surface area contributed by atoms with Gasteiger partial charge in [0, 0.05) is 13.6 Å². The second-order valence-electron chi connectivity index (χ2n) is 12.1. The normalized spacial score (nSPS) is 41.4. The maximum atomic E-state index is 13.0. The highest BCUT2D eigenvalue weighted by atomic mass is 16.3. The van der Waals surface area contributed by atoms with Gasteiger partial charge in [0.25, 0.3) is 5.91 Å². The molecule has 9 atom stereocenters. The third kappa shape index (κ3) is 4.35. The molecule has 5 aliphatic rings. The molecule has 1 saturated heterocycles. The molecule has 2 aliphatic heterocycles. The summed E-state index contributed by atoms with van der Waals surface area (Å²) in [4.78, 5) is 39.7. The molecular formula is C30H42N2O4. The SMILES string of the molecule is CCC1C(C)CC2C1CCC1C3CC=CC(=O)NCCCC4C(=O)C(=C(O)C=CC3CC12)C(=O)N4C. The first-order chi connectivity index (χ1) is 17.3. The van der Waals surface area contributed by atoms with Crippen molar-refractivity contribution in [3.05, 3.63) is 35.6 Å². The third-order valence-corrected chi connectivity index (χ3v) is 10.5. The molecule has 6 nitrogen and oxygen atoms in total. The first kappa shape index (κ1) is 25.3. The Morgan fingerprint density at radius 3 is 2.53 bits per heavy atom. The summed E-state index contributed by atoms with van der Waals surface area (Å²) in [6, 6.07) is -0.585. The predicted molar refractivity (Wildman–Crippen MR) is 139 cm³/mol. The minimum absolute atomic E-state index is 0.0859. The Hall–Kier alpha value is -2.37. The monoisotopic (exact) mass is 494 g/mol. The van der Waals surface area contributed by atoms with Crippen LogP contribution in [0.15, 0.2) is 35.6 Å². The number of fused-ring (bicyclic) bond motifs is 7. The molecule has 2 bridgehead atoms. The molecule has 0 aromatic heterocycles. The minimum atomic E-state index is -0.585. The summed E-state index contributed by atoms with van der Waals surface area (Å²) >= 11 is 0. The van der Waals surface area contributed by atoms with Crippen LogP contribution in [0.5, 0.6) is 0 Å². The van der Waals surface area contributed by atoms with Gasteiger partial charge in [-0.15, -0.1) is 0 Å². The maximum absolute atomic E-state index is 13.0. The molecule has 0 radical (unpaired) electrons. The van der Waals surface area contributed by atoms with E-state index in [1.54, 1.807) is 19.2 Å². The molecule has 4 fully saturated rings. The van der Waals surface area contributed by atoms with E-state index in [4.69, 9.17) is 0 Å². The van der Waals surface area contributed by atoms with Crippen LogP contribution in [0.25, 0.3) is 0 Å². The number of allylic oxidation sites excluding steroid dienone is 3. The molecule has 2 heterocycles. The molecule has 36 heavy (non-hydrogen) atoms. The molecular weight excluding hydrogens is 452 g/mol. The number of amides is 2. The zero-order valence-corrected chi connectivity index (χ0v) is 22.0. The number of ketones is 1. The average molecular weight is 495 g/mol. The van der Waals surface area contributed by atoms with Gasteiger partial charge in [0.05, 0.1) is 6.04 Å². The van der Waals surface area contributed by atoms with Crippen LogP contribution in [0, 0.1) is 47.3 Å². The molecule has 6 heteroatoms. The van der Waals surface area contributed by atoms with E-state index < -0.39 is 11.9 Å². The summed E-state index contributed by atoms with van der Waals surface area (Å²) in [5.41, 5.74) is -0.0859. The Morgan fingerprint density at radius 1 is 1.00 bits per heavy atom. The van der Waals surface area contributed by atoms with Crippen molar-refractivity contribution in [1.29, 1.82) is 0 Å². The summed E-state index contributed by atoms with van der Waals surface area (Å²) in [6.45, 7) is 5.23. The van der Waals surface area contributed by atoms with Crippen LogP contribution in [0.2, 0.25) is 0 Å². The smallest absolute Gasteiger partial charge is 0.261 e. The van der Waals surface area contributed by atoms with Gasteiger partial charge in [0.1, 0.15) is 11.3 Å². The number of likely N-dealkylation sites (tertiary alicyclic amines) is 1. The van der Waals surface area contributed by atoms with E-state index in [0.717, 1.165) is 36.5 Å². The number of aliphatic hydroxyl groups is 1. The summed E-state index contributed by atoms with van der Waals surface area (Å²) in [5, 5.41) is 13.8. The standard InChI is InChI=1S/C30H42N2O4/c1-4-19-17(2)15-23-21(19)11-12-22-20-7-5-9-27(34)31-14-6-8-25-29(35)28(30(36)32(25)3)26(33)13-10-18(20)16-24(22)23/h5,9-10,13,17-25,33H,4,6-8,11-12,14-16H2,1-3H3,(H,31,34). The number of likely N-dealkylation sites (N-methyl/N-ethyl adjacent to an activating group) is 1. The molecule has 3 saturated carbocycles. The molecule has 5 rings (SSSR count). The summed E-state index contributed by atoms with van der Waals surface area (Å²) in [5.74, 6) is 4.17. The largest absolute Gasteiger partial charge is 0.507 e. The Bertz CT molecular complexity index is 997. The lowest BCUT2D eigenvalue weighted by Crippen LogP contribution is -2.33. The number of hydrogen-bond donors (Lipinski definition) is 2. The summed E-state index contributed by atoms with van der Waals surface area (Å²) in [6.07, 6.45) is 15.5. The molecule has 9 unspecified atom stereocenters. The fourth-order valence-corrected chi connectivity index (χ4v) is 8.84. The summed E-state index contributed by atoms with van der Waals surface area (Å²) < 4.78 is 0. The Kier molecular flexibility index (Phi) is 7.15. The predicted octanol–water partition coefficient (Wildman–Crippen LogP) is 4.58. The van der Waals surface area contributed by atoms with E-state index in [2.05, 4.69) is 25.2 Å². The van der Waals surface area contributed by atoms with Gasteiger partial charge in [-0.3, -0.25) is 14.4 Å². The van der Waals surface area contributed by atoms with Crippen molar-refractivity contribution in [2.24, 2.45) is 47.3 Å². The number of nitrogens with zero attached hydrogens (tertiary/aromatic N) is 1. The van der Waals surface area contributed by atoms with Gasteiger partial charge >= 0.3 is 0 Å². The van der Waals surface area contributed by atoms with E-state index in [0.29, 0.717) is 37.1 Å². The van der Waals surface area contributed by atoms with Crippen LogP contribution in [-0.4, -0.2) is 47.2 Å². The average Bonchev–Trinajstić information content (AvgIpc) is 3.44. The van der Waals surface area contributed by atoms with Crippen molar-refractivity contribution in [2.75, 3.05) is 13.6 Å². The first-order valence-corrected chi connectivity index (χ1v) is 14.2. The van der Waals surface area contributed by atoms with E-state index >= 15 is 0 Å². The molecule has 0 aromatic carbocycles. The van der Waals surface area contributed by atoms with E-state index in [1.807, 2.05) is 6.08 Å². The first-order valence-electron chi connectivity index (χ1n) is 14.2. The van der Waals surface area contributed by atoms with E-state index in [9.17, 15) is 19.5 Å². The Morgan fingerprint density at radius 2 is 1.75 bits per heavy atom. The highest BCUT2D eigenvalue weighted by Gasteiger charge is 2.53. The van der Waals surface area contributed by atoms with Crippen LogP contribution in [0.3, 0.4) is 0 Å². The highest BCUT2D eigenvalue weighted by Crippen LogP contribution is 2.61. The minimum Gasteiger partial charge on any atom is -0.507 e. The maximum Gasteiger partial charge on any atom is 0.261 e. The quantitative estimate of drug-likeness (QED) is 0.523. The molecule has 0 spiro atoms. The topological polar surface area (TPSA) is 86.7 Å². The van der Waals surface area contributed by atoms with Gasteiger partial charge in [-0.05, 0) is 104 Å². The zero-order valence-electron chi connectivity index (χ0n) is 22.0. The third-order valence-electron chi connectivity index (χ3n) is 10.5. The lowest BCUT2D eigenvalue weighted by Gasteiger charge is -2.40. The van der Waals surface area contributed by atoms with Crippen LogP contribution in [0.1, 0.15) is 65.2 Å². The Labute approximate surface area is 215 Å². The lowest BCUT2D eigenvalue weighted by atomic mass is 9.65. The van der Waals surface area contributed by atoms with Crippen molar-refractivity contribution in [3.8, 4) is 0 Å². The van der Waals surface area contributed by atoms with Gasteiger partial charge in [0.15, 0.2) is 5.78 Å². The number of hydrogen-bond acceptors (Lipinski definition) is 4. The van der Waals surface area contributed by atoms with Gasteiger partial charge in [-0.2, -0.15) is 0 Å². The second-order valence-corrected chi connectivity index (χ2v) is 12.1. The van der Waals surface area contributed by atoms with E-state index in [1.165, 1.54) is 30.6 Å². The molecule has 2 N–H and O–H groups in total. The van der Waals surface area contributed by atoms with Crippen LogP contribution in [-0.2, 0) is 14.4 Å². The molecule has 2 amide bonds. The number of carbonyl (C=O) groups is 3. The highest BCUT2D eigenvalue weighted by molar-refractivity contribution is 6.26. The number of rotatable bonds is 1. The van der Waals surface area contributed by atoms with Crippen molar-refractivity contribution in [1.82, 2.24) is 10.2 Å². The van der Waals surface area contributed by atoms with Gasteiger partial charge in [-0.1, -0.05) is 32.4 Å². The Balaban J connectivity index is 1.46. The van der Waals surface area contributed by atoms with Gasteiger partial charge in [-0.25, -0.2) is 0 Å². The van der Waals surface area contributed by atoms with Crippen molar-refractivity contribution < 1.29 is 19.5 Å². The van der Waals surface area contributed by atoms with Crippen molar-refractivity contribution in [3.63, 3.8) is 0 Å². The number of carbonyl (C=O) groups excluding carboxylic acids is 3. The molecule has 3 aliphatic carbocycles. The van der Waals surface area contributed by atoms with Crippen molar-refractivity contribution >= 4 is 17.6 Å². The van der Waals surface area contributed by atoms with Crippen LogP contribution >= 0.6 is 0 Å². The van der Waals surface area contributed by atoms with E-state index in [-0.39, 0.29) is 28.9 Å². The van der Waals surface area contributed by atoms with Crippen LogP contribution < -0.4 is 5.32 Å². The fraction of sp³-hybridized carbons (Fsp3) is 0.700. The fourth-order valence-electron chi connectivity index (χ4n) is 8.84. The van der Waals surface area contributed by atoms with Crippen molar-refractivity contribution in [2.45, 2.75) is 71.3 Å². The summed E-state index contributed by atoms with van der Waals surface area (Å²) in [7, 11) is 1.62. The van der Waals surface area contributed by atoms with Gasteiger partial charge < -0.3 is 15.3 Å². The number of aliphatic hydroxyl groups excluding tert-OH is 1. The lowest BCUT2D eigenvalue weighted by molar-refractivity contribution is -0.125.